The molecule has 0 radical (unpaired) electrons. The van der Waals surface area contributed by atoms with Crippen molar-refractivity contribution in [3.05, 3.63) is 42.2 Å². The number of fused-ring (bicyclic) bond motifs is 1. The van der Waals surface area contributed by atoms with Crippen LogP contribution in [0.4, 0.5) is 11.5 Å². The highest BCUT2D eigenvalue weighted by Crippen LogP contribution is 2.30. The summed E-state index contributed by atoms with van der Waals surface area (Å²) in [6.07, 6.45) is 4.57. The number of morpholine rings is 1. The number of aromatic nitrogens is 3. The van der Waals surface area contributed by atoms with Crippen molar-refractivity contribution in [2.24, 2.45) is 0 Å². The van der Waals surface area contributed by atoms with Gasteiger partial charge in [-0.15, -0.1) is 0 Å². The molecule has 1 aromatic carbocycles. The fourth-order valence-electron chi connectivity index (χ4n) is 4.33. The Morgan fingerprint density at radius 3 is 2.88 bits per heavy atom. The lowest BCUT2D eigenvalue weighted by molar-refractivity contribution is 0.0761. The predicted octanol–water partition coefficient (Wildman–Crippen LogP) is 2.63. The average Bonchev–Trinajstić information content (AvgIpc) is 3.12. The molecule has 3 aromatic rings. The minimum Gasteiger partial charge on any atom is -0.378 e. The summed E-state index contributed by atoms with van der Waals surface area (Å²) in [5.74, 6) is 0.744. The quantitative estimate of drug-likeness (QED) is 0.634. The number of ether oxygens (including phenoxy) is 2. The summed E-state index contributed by atoms with van der Waals surface area (Å²) in [5, 5.41) is 6.89. The van der Waals surface area contributed by atoms with E-state index in [4.69, 9.17) is 14.5 Å². The highest BCUT2D eigenvalue weighted by atomic mass is 16.5. The SMILES string of the molecule is Cc1cc(-c2cc3nccnc3c(NCC3CNCCCO3)n2)ccc1N1CCOCC1. The lowest BCUT2D eigenvalue weighted by Crippen LogP contribution is -2.36. The van der Waals surface area contributed by atoms with Gasteiger partial charge in [-0.1, -0.05) is 6.07 Å². The molecule has 4 heterocycles. The van der Waals surface area contributed by atoms with Crippen molar-refractivity contribution in [1.29, 1.82) is 0 Å². The molecule has 0 bridgehead atoms. The Bertz CT molecular complexity index is 1060. The molecule has 2 aromatic heterocycles. The van der Waals surface area contributed by atoms with Gasteiger partial charge in [-0.05, 0) is 43.7 Å². The van der Waals surface area contributed by atoms with Gasteiger partial charge in [-0.2, -0.15) is 0 Å². The fraction of sp³-hybridized carbons (Fsp3) is 0.458. The normalized spacial score (nSPS) is 19.7. The lowest BCUT2D eigenvalue weighted by Gasteiger charge is -2.30. The van der Waals surface area contributed by atoms with E-state index >= 15 is 0 Å². The number of anilines is 2. The summed E-state index contributed by atoms with van der Waals surface area (Å²) in [6, 6.07) is 8.55. The molecule has 1 unspecified atom stereocenters. The molecule has 2 N–H and O–H groups in total. The van der Waals surface area contributed by atoms with Crippen LogP contribution in [0.25, 0.3) is 22.3 Å². The number of nitrogens with zero attached hydrogens (tertiary/aromatic N) is 4. The average molecular weight is 435 g/mol. The predicted molar refractivity (Wildman–Crippen MR) is 126 cm³/mol. The molecule has 2 aliphatic heterocycles. The van der Waals surface area contributed by atoms with Crippen LogP contribution >= 0.6 is 0 Å². The Morgan fingerprint density at radius 1 is 1.12 bits per heavy atom. The van der Waals surface area contributed by atoms with Crippen LogP contribution in [0.3, 0.4) is 0 Å². The van der Waals surface area contributed by atoms with Gasteiger partial charge in [0, 0.05) is 56.4 Å². The summed E-state index contributed by atoms with van der Waals surface area (Å²) in [6.45, 7) is 8.85. The minimum absolute atomic E-state index is 0.102. The first-order valence-corrected chi connectivity index (χ1v) is 11.4. The Balaban J connectivity index is 1.43. The fourth-order valence-corrected chi connectivity index (χ4v) is 4.33. The summed E-state index contributed by atoms with van der Waals surface area (Å²) in [5.41, 5.74) is 6.06. The number of hydrogen-bond acceptors (Lipinski definition) is 8. The number of hydrogen-bond donors (Lipinski definition) is 2. The van der Waals surface area contributed by atoms with E-state index in [1.807, 2.05) is 6.07 Å². The number of benzene rings is 1. The van der Waals surface area contributed by atoms with Crippen molar-refractivity contribution in [3.8, 4) is 11.3 Å². The third kappa shape index (κ3) is 4.67. The Hall–Kier alpha value is -2.81. The van der Waals surface area contributed by atoms with Crippen LogP contribution in [-0.4, -0.2) is 73.6 Å². The first kappa shape index (κ1) is 21.1. The second kappa shape index (κ2) is 9.77. The van der Waals surface area contributed by atoms with Crippen molar-refractivity contribution in [2.75, 3.05) is 62.8 Å². The standard InChI is InChI=1S/C24H30N6O2/c1-17-13-18(3-4-22(17)30-8-11-31-12-9-30)20-14-21-23(27-7-6-26-21)24(29-20)28-16-19-15-25-5-2-10-32-19/h3-4,6-7,13-14,19,25H,2,5,8-12,15-16H2,1H3,(H,28,29). The largest absolute Gasteiger partial charge is 0.378 e. The van der Waals surface area contributed by atoms with E-state index in [0.717, 1.165) is 80.5 Å². The number of pyridine rings is 1. The van der Waals surface area contributed by atoms with Gasteiger partial charge in [0.1, 0.15) is 5.52 Å². The third-order valence-corrected chi connectivity index (χ3v) is 6.02. The van der Waals surface area contributed by atoms with Crippen LogP contribution in [0.15, 0.2) is 36.7 Å². The molecule has 0 aliphatic carbocycles. The van der Waals surface area contributed by atoms with Crippen LogP contribution in [0.1, 0.15) is 12.0 Å². The van der Waals surface area contributed by atoms with Crippen molar-refractivity contribution < 1.29 is 9.47 Å². The molecular formula is C24H30N6O2. The molecule has 2 aliphatic rings. The first-order chi connectivity index (χ1) is 15.8. The molecule has 8 nitrogen and oxygen atoms in total. The maximum absolute atomic E-state index is 5.94. The zero-order valence-electron chi connectivity index (χ0n) is 18.5. The molecule has 5 rings (SSSR count). The maximum atomic E-state index is 5.94. The molecule has 168 valence electrons. The number of nitrogens with one attached hydrogen (secondary N) is 2. The van der Waals surface area contributed by atoms with E-state index in [1.54, 1.807) is 12.4 Å². The van der Waals surface area contributed by atoms with Gasteiger partial charge in [0.2, 0.25) is 0 Å². The number of aryl methyl sites for hydroxylation is 1. The van der Waals surface area contributed by atoms with Gasteiger partial charge in [-0.25, -0.2) is 9.97 Å². The highest BCUT2D eigenvalue weighted by molar-refractivity contribution is 5.88. The van der Waals surface area contributed by atoms with Crippen molar-refractivity contribution in [3.63, 3.8) is 0 Å². The van der Waals surface area contributed by atoms with Gasteiger partial charge in [0.15, 0.2) is 5.82 Å². The van der Waals surface area contributed by atoms with Gasteiger partial charge in [0.05, 0.1) is 30.5 Å². The summed E-state index contributed by atoms with van der Waals surface area (Å²) >= 11 is 0. The summed E-state index contributed by atoms with van der Waals surface area (Å²) < 4.78 is 11.4. The molecule has 8 heteroatoms. The first-order valence-electron chi connectivity index (χ1n) is 11.4. The van der Waals surface area contributed by atoms with Crippen LogP contribution in [-0.2, 0) is 9.47 Å². The molecule has 1 atom stereocenters. The van der Waals surface area contributed by atoms with E-state index < -0.39 is 0 Å². The zero-order valence-corrected chi connectivity index (χ0v) is 18.5. The van der Waals surface area contributed by atoms with Crippen molar-refractivity contribution in [2.45, 2.75) is 19.4 Å². The second-order valence-corrected chi connectivity index (χ2v) is 8.31. The Labute approximate surface area is 188 Å². The van der Waals surface area contributed by atoms with E-state index in [2.05, 4.69) is 50.6 Å². The van der Waals surface area contributed by atoms with Gasteiger partial charge in [0.25, 0.3) is 0 Å². The molecular weight excluding hydrogens is 404 g/mol. The molecule has 32 heavy (non-hydrogen) atoms. The molecule has 0 amide bonds. The number of rotatable bonds is 5. The van der Waals surface area contributed by atoms with E-state index in [9.17, 15) is 0 Å². The molecule has 0 saturated carbocycles. The zero-order chi connectivity index (χ0) is 21.8. The van der Waals surface area contributed by atoms with E-state index in [0.29, 0.717) is 6.54 Å². The van der Waals surface area contributed by atoms with Gasteiger partial charge < -0.3 is 25.0 Å². The van der Waals surface area contributed by atoms with Crippen molar-refractivity contribution in [1.82, 2.24) is 20.3 Å². The van der Waals surface area contributed by atoms with E-state index in [-0.39, 0.29) is 6.10 Å². The molecule has 2 fully saturated rings. The monoisotopic (exact) mass is 434 g/mol. The topological polar surface area (TPSA) is 84.4 Å². The molecule has 0 spiro atoms. The van der Waals surface area contributed by atoms with Crippen LogP contribution in [0, 0.1) is 6.92 Å². The van der Waals surface area contributed by atoms with Gasteiger partial charge in [-0.3, -0.25) is 4.98 Å². The Morgan fingerprint density at radius 2 is 2.00 bits per heavy atom. The third-order valence-electron chi connectivity index (χ3n) is 6.02. The van der Waals surface area contributed by atoms with Crippen LogP contribution < -0.4 is 15.5 Å². The minimum atomic E-state index is 0.102. The highest BCUT2D eigenvalue weighted by Gasteiger charge is 2.17. The Kier molecular flexibility index (Phi) is 6.43. The lowest BCUT2D eigenvalue weighted by atomic mass is 10.0. The maximum Gasteiger partial charge on any atom is 0.154 e. The van der Waals surface area contributed by atoms with Crippen molar-refractivity contribution >= 4 is 22.5 Å². The smallest absolute Gasteiger partial charge is 0.154 e. The van der Waals surface area contributed by atoms with Gasteiger partial charge >= 0.3 is 0 Å². The summed E-state index contributed by atoms with van der Waals surface area (Å²) in [7, 11) is 0. The van der Waals surface area contributed by atoms with Crippen LogP contribution in [0.2, 0.25) is 0 Å². The second-order valence-electron chi connectivity index (χ2n) is 8.31. The molecule has 2 saturated heterocycles. The van der Waals surface area contributed by atoms with Crippen LogP contribution in [0.5, 0.6) is 0 Å². The van der Waals surface area contributed by atoms with E-state index in [1.165, 1.54) is 11.3 Å². The summed E-state index contributed by atoms with van der Waals surface area (Å²) in [4.78, 5) is 16.4.